The highest BCUT2D eigenvalue weighted by molar-refractivity contribution is 5.77. The quantitative estimate of drug-likeness (QED) is 0.722. The van der Waals surface area contributed by atoms with Gasteiger partial charge in [-0.05, 0) is 31.9 Å². The fraction of sp³-hybridized carbons (Fsp3) is 0.417. The number of benzene rings is 1. The van der Waals surface area contributed by atoms with E-state index in [-0.39, 0.29) is 6.61 Å². The first-order valence-electron chi connectivity index (χ1n) is 5.62. The lowest BCUT2D eigenvalue weighted by atomic mass is 10.2. The molecule has 0 amide bonds. The number of para-hydroxylation sites is 2. The Morgan fingerprint density at radius 2 is 2.25 bits per heavy atom. The maximum atomic E-state index is 8.74. The number of hydrogen-bond acceptors (Lipinski definition) is 3. The Hall–Kier alpha value is -1.55. The molecule has 0 aliphatic carbocycles. The molecule has 0 aliphatic heterocycles. The van der Waals surface area contributed by atoms with Crippen LogP contribution in [0.25, 0.3) is 11.0 Å². The smallest absolute Gasteiger partial charge is 0.201 e. The van der Waals surface area contributed by atoms with Gasteiger partial charge >= 0.3 is 0 Å². The topological polar surface area (TPSA) is 60.9 Å². The zero-order valence-corrected chi connectivity index (χ0v) is 9.40. The van der Waals surface area contributed by atoms with E-state index >= 15 is 0 Å². The lowest BCUT2D eigenvalue weighted by molar-refractivity contribution is 0.282. The second kappa shape index (κ2) is 4.99. The van der Waals surface area contributed by atoms with Crippen LogP contribution in [0.3, 0.4) is 0 Å². The van der Waals surface area contributed by atoms with Gasteiger partial charge in [0.05, 0.1) is 11.0 Å². The third-order valence-corrected chi connectivity index (χ3v) is 2.57. The predicted molar refractivity (Wildman–Crippen MR) is 65.5 cm³/mol. The zero-order chi connectivity index (χ0) is 11.4. The highest BCUT2D eigenvalue weighted by Crippen LogP contribution is 2.14. The van der Waals surface area contributed by atoms with Crippen molar-refractivity contribution in [3.05, 3.63) is 24.3 Å². The SMILES string of the molecule is CC(CCCO)Nc1nc2ccccc2[nH]1. The van der Waals surface area contributed by atoms with Gasteiger partial charge < -0.3 is 15.4 Å². The van der Waals surface area contributed by atoms with Crippen molar-refractivity contribution in [1.29, 1.82) is 0 Å². The minimum Gasteiger partial charge on any atom is -0.396 e. The van der Waals surface area contributed by atoms with Crippen molar-refractivity contribution in [1.82, 2.24) is 9.97 Å². The van der Waals surface area contributed by atoms with E-state index in [1.54, 1.807) is 0 Å². The molecule has 2 rings (SSSR count). The molecule has 1 heterocycles. The maximum Gasteiger partial charge on any atom is 0.201 e. The molecule has 4 heteroatoms. The number of anilines is 1. The van der Waals surface area contributed by atoms with Crippen LogP contribution in [-0.2, 0) is 0 Å². The number of nitrogens with zero attached hydrogens (tertiary/aromatic N) is 1. The van der Waals surface area contributed by atoms with E-state index < -0.39 is 0 Å². The van der Waals surface area contributed by atoms with E-state index in [1.165, 1.54) is 0 Å². The van der Waals surface area contributed by atoms with Gasteiger partial charge in [0.2, 0.25) is 5.95 Å². The minimum atomic E-state index is 0.242. The fourth-order valence-corrected chi connectivity index (χ4v) is 1.72. The Morgan fingerprint density at radius 1 is 1.44 bits per heavy atom. The molecule has 0 spiro atoms. The lowest BCUT2D eigenvalue weighted by Crippen LogP contribution is -2.16. The number of rotatable bonds is 5. The summed E-state index contributed by atoms with van der Waals surface area (Å²) in [5.41, 5.74) is 2.01. The molecule has 0 aliphatic rings. The molecular formula is C12H17N3O. The van der Waals surface area contributed by atoms with Crippen LogP contribution in [0.5, 0.6) is 0 Å². The van der Waals surface area contributed by atoms with Gasteiger partial charge in [0.25, 0.3) is 0 Å². The molecule has 1 aromatic heterocycles. The molecule has 4 nitrogen and oxygen atoms in total. The highest BCUT2D eigenvalue weighted by Gasteiger charge is 2.05. The van der Waals surface area contributed by atoms with Gasteiger partial charge in [-0.1, -0.05) is 12.1 Å². The van der Waals surface area contributed by atoms with Gasteiger partial charge in [-0.3, -0.25) is 0 Å². The molecule has 0 bridgehead atoms. The van der Waals surface area contributed by atoms with Gasteiger partial charge in [0, 0.05) is 12.6 Å². The Bertz CT molecular complexity index is 419. The monoisotopic (exact) mass is 219 g/mol. The second-order valence-corrected chi connectivity index (χ2v) is 4.01. The van der Waals surface area contributed by atoms with E-state index in [0.717, 1.165) is 29.8 Å². The summed E-state index contributed by atoms with van der Waals surface area (Å²) in [6.45, 7) is 2.33. The molecule has 0 fully saturated rings. The Kier molecular flexibility index (Phi) is 3.41. The van der Waals surface area contributed by atoms with Gasteiger partial charge in [-0.25, -0.2) is 4.98 Å². The highest BCUT2D eigenvalue weighted by atomic mass is 16.2. The Balaban J connectivity index is 2.03. The van der Waals surface area contributed by atoms with Crippen molar-refractivity contribution in [3.63, 3.8) is 0 Å². The van der Waals surface area contributed by atoms with Crippen molar-refractivity contribution in [2.24, 2.45) is 0 Å². The summed E-state index contributed by atoms with van der Waals surface area (Å²) in [7, 11) is 0. The molecule has 2 aromatic rings. The third-order valence-electron chi connectivity index (χ3n) is 2.57. The van der Waals surface area contributed by atoms with Crippen LogP contribution in [0, 0.1) is 0 Å². The van der Waals surface area contributed by atoms with Crippen molar-refractivity contribution in [2.45, 2.75) is 25.8 Å². The second-order valence-electron chi connectivity index (χ2n) is 4.01. The molecule has 86 valence electrons. The van der Waals surface area contributed by atoms with Crippen molar-refractivity contribution >= 4 is 17.0 Å². The first kappa shape index (κ1) is 11.0. The molecule has 1 atom stereocenters. The largest absolute Gasteiger partial charge is 0.396 e. The molecule has 0 saturated carbocycles. The summed E-state index contributed by atoms with van der Waals surface area (Å²) in [5, 5.41) is 12.0. The van der Waals surface area contributed by atoms with E-state index in [2.05, 4.69) is 22.2 Å². The van der Waals surface area contributed by atoms with Gasteiger partial charge in [-0.2, -0.15) is 0 Å². The average molecular weight is 219 g/mol. The van der Waals surface area contributed by atoms with E-state index in [0.29, 0.717) is 6.04 Å². The van der Waals surface area contributed by atoms with Crippen molar-refractivity contribution < 1.29 is 5.11 Å². The van der Waals surface area contributed by atoms with Crippen LogP contribution in [0.4, 0.5) is 5.95 Å². The molecule has 16 heavy (non-hydrogen) atoms. The van der Waals surface area contributed by atoms with Gasteiger partial charge in [0.15, 0.2) is 0 Å². The van der Waals surface area contributed by atoms with E-state index in [1.807, 2.05) is 24.3 Å². The summed E-state index contributed by atoms with van der Waals surface area (Å²) in [5.74, 6) is 0.798. The summed E-state index contributed by atoms with van der Waals surface area (Å²) >= 11 is 0. The van der Waals surface area contributed by atoms with E-state index in [4.69, 9.17) is 5.11 Å². The Labute approximate surface area is 94.7 Å². The normalized spacial score (nSPS) is 12.9. The summed E-state index contributed by atoms with van der Waals surface area (Å²) in [6.07, 6.45) is 1.75. The average Bonchev–Trinajstić information content (AvgIpc) is 2.68. The Morgan fingerprint density at radius 3 is 3.00 bits per heavy atom. The first-order chi connectivity index (χ1) is 7.79. The molecular weight excluding hydrogens is 202 g/mol. The van der Waals surface area contributed by atoms with Crippen LogP contribution in [0.1, 0.15) is 19.8 Å². The van der Waals surface area contributed by atoms with Crippen LogP contribution in [0.15, 0.2) is 24.3 Å². The summed E-state index contributed by atoms with van der Waals surface area (Å²) < 4.78 is 0. The zero-order valence-electron chi connectivity index (χ0n) is 9.40. The van der Waals surface area contributed by atoms with E-state index in [9.17, 15) is 0 Å². The number of imidazole rings is 1. The third kappa shape index (κ3) is 2.52. The number of aromatic nitrogens is 2. The van der Waals surface area contributed by atoms with Gasteiger partial charge in [-0.15, -0.1) is 0 Å². The number of aromatic amines is 1. The summed E-state index contributed by atoms with van der Waals surface area (Å²) in [4.78, 5) is 7.65. The molecule has 1 unspecified atom stereocenters. The number of H-pyrrole nitrogens is 1. The standard InChI is InChI=1S/C12H17N3O/c1-9(5-4-8-16)13-12-14-10-6-2-3-7-11(10)15-12/h2-3,6-7,9,16H,4-5,8H2,1H3,(H2,13,14,15). The van der Waals surface area contributed by atoms with Crippen LogP contribution in [0.2, 0.25) is 0 Å². The van der Waals surface area contributed by atoms with Gasteiger partial charge in [0.1, 0.15) is 0 Å². The number of fused-ring (bicyclic) bond motifs is 1. The van der Waals surface area contributed by atoms with Crippen molar-refractivity contribution in [3.8, 4) is 0 Å². The maximum absolute atomic E-state index is 8.74. The molecule has 1 aromatic carbocycles. The number of hydrogen-bond donors (Lipinski definition) is 3. The number of nitrogens with one attached hydrogen (secondary N) is 2. The number of aliphatic hydroxyl groups is 1. The fourth-order valence-electron chi connectivity index (χ4n) is 1.72. The van der Waals surface area contributed by atoms with Crippen LogP contribution in [-0.4, -0.2) is 27.7 Å². The minimum absolute atomic E-state index is 0.242. The lowest BCUT2D eigenvalue weighted by Gasteiger charge is -2.11. The summed E-state index contributed by atoms with van der Waals surface area (Å²) in [6, 6.07) is 8.26. The van der Waals surface area contributed by atoms with Crippen LogP contribution < -0.4 is 5.32 Å². The molecule has 0 saturated heterocycles. The van der Waals surface area contributed by atoms with Crippen LogP contribution >= 0.6 is 0 Å². The predicted octanol–water partition coefficient (Wildman–Crippen LogP) is 2.14. The van der Waals surface area contributed by atoms with Crippen molar-refractivity contribution in [2.75, 3.05) is 11.9 Å². The molecule has 0 radical (unpaired) electrons. The first-order valence-corrected chi connectivity index (χ1v) is 5.62. The molecule has 3 N–H and O–H groups in total. The number of aliphatic hydroxyl groups excluding tert-OH is 1.